The molecule has 0 nitrogen and oxygen atoms in total. The monoisotopic (exact) mass is 218 g/mol. The molecule has 12 heavy (non-hydrogen) atoms. The van der Waals surface area contributed by atoms with Crippen molar-refractivity contribution in [2.24, 2.45) is 0 Å². The molecule has 2 rings (SSSR count). The number of rotatable bonds is 1. The van der Waals surface area contributed by atoms with E-state index in [0.29, 0.717) is 5.25 Å². The first-order chi connectivity index (χ1) is 5.75. The summed E-state index contributed by atoms with van der Waals surface area (Å²) in [4.78, 5) is 0. The van der Waals surface area contributed by atoms with E-state index in [1.807, 2.05) is 23.9 Å². The molecule has 0 aromatic heterocycles. The smallest absolute Gasteiger partial charge is 0.0423 e. The molecule has 0 bridgehead atoms. The zero-order chi connectivity index (χ0) is 8.55. The molecule has 3 heteroatoms. The molecule has 1 aliphatic rings. The molecular formula is C9H8Cl2S. The van der Waals surface area contributed by atoms with Crippen molar-refractivity contribution in [1.82, 2.24) is 0 Å². The number of hydrogen-bond acceptors (Lipinski definition) is 1. The Morgan fingerprint density at radius 2 is 1.75 bits per heavy atom. The van der Waals surface area contributed by atoms with Gasteiger partial charge in [0.1, 0.15) is 0 Å². The lowest BCUT2D eigenvalue weighted by molar-refractivity contribution is 0.849. The summed E-state index contributed by atoms with van der Waals surface area (Å²) < 4.78 is 0. The summed E-state index contributed by atoms with van der Waals surface area (Å²) >= 11 is 13.7. The second kappa shape index (κ2) is 3.49. The van der Waals surface area contributed by atoms with Crippen LogP contribution in [0.4, 0.5) is 0 Å². The van der Waals surface area contributed by atoms with Gasteiger partial charge in [-0.2, -0.15) is 11.8 Å². The van der Waals surface area contributed by atoms with Crippen molar-refractivity contribution in [3.8, 4) is 0 Å². The Kier molecular flexibility index (Phi) is 2.54. The quantitative estimate of drug-likeness (QED) is 0.682. The van der Waals surface area contributed by atoms with Crippen LogP contribution in [0.1, 0.15) is 17.2 Å². The van der Waals surface area contributed by atoms with Gasteiger partial charge < -0.3 is 0 Å². The van der Waals surface area contributed by atoms with E-state index < -0.39 is 0 Å². The van der Waals surface area contributed by atoms with Crippen LogP contribution in [0.25, 0.3) is 0 Å². The maximum atomic E-state index is 5.88. The van der Waals surface area contributed by atoms with Crippen molar-refractivity contribution in [2.45, 2.75) is 11.7 Å². The maximum absolute atomic E-state index is 5.88. The van der Waals surface area contributed by atoms with Gasteiger partial charge in [0.05, 0.1) is 0 Å². The highest BCUT2D eigenvalue weighted by Gasteiger charge is 2.20. The van der Waals surface area contributed by atoms with Gasteiger partial charge in [-0.15, -0.1) is 0 Å². The minimum absolute atomic E-state index is 0.626. The minimum Gasteiger partial charge on any atom is -0.154 e. The van der Waals surface area contributed by atoms with Crippen molar-refractivity contribution < 1.29 is 0 Å². The Bertz CT molecular complexity index is 274. The number of halogens is 2. The number of benzene rings is 1. The van der Waals surface area contributed by atoms with Crippen LogP contribution in [0.3, 0.4) is 0 Å². The Morgan fingerprint density at radius 1 is 1.17 bits per heavy atom. The van der Waals surface area contributed by atoms with Crippen LogP contribution in [0, 0.1) is 0 Å². The first-order valence-corrected chi connectivity index (χ1v) is 5.64. The van der Waals surface area contributed by atoms with Crippen molar-refractivity contribution >= 4 is 35.0 Å². The van der Waals surface area contributed by atoms with Crippen molar-refractivity contribution in [2.75, 3.05) is 5.75 Å². The number of thioether (sulfide) groups is 1. The fourth-order valence-corrected chi connectivity index (χ4v) is 2.60. The van der Waals surface area contributed by atoms with E-state index in [-0.39, 0.29) is 0 Å². The van der Waals surface area contributed by atoms with Crippen molar-refractivity contribution in [3.05, 3.63) is 33.8 Å². The zero-order valence-electron chi connectivity index (χ0n) is 6.39. The normalized spacial score (nSPS) is 22.0. The summed E-state index contributed by atoms with van der Waals surface area (Å²) in [6, 6.07) is 5.78. The lowest BCUT2D eigenvalue weighted by Gasteiger charge is -2.25. The molecule has 1 heterocycles. The average Bonchev–Trinajstić information content (AvgIpc) is 1.79. The molecule has 0 radical (unpaired) electrons. The average molecular weight is 219 g/mol. The van der Waals surface area contributed by atoms with Gasteiger partial charge in [-0.1, -0.05) is 23.2 Å². The van der Waals surface area contributed by atoms with Crippen LogP contribution in [0.2, 0.25) is 10.0 Å². The lowest BCUT2D eigenvalue weighted by atomic mass is 10.1. The highest BCUT2D eigenvalue weighted by molar-refractivity contribution is 8.00. The molecule has 1 aromatic rings. The van der Waals surface area contributed by atoms with Gasteiger partial charge in [-0.25, -0.2) is 0 Å². The predicted octanol–water partition coefficient (Wildman–Crippen LogP) is 4.17. The molecule has 1 saturated heterocycles. The van der Waals surface area contributed by atoms with Gasteiger partial charge in [0.25, 0.3) is 0 Å². The van der Waals surface area contributed by atoms with Gasteiger partial charge in [0.15, 0.2) is 0 Å². The zero-order valence-corrected chi connectivity index (χ0v) is 8.72. The molecule has 64 valence electrons. The molecule has 0 spiro atoms. The highest BCUT2D eigenvalue weighted by atomic mass is 35.5. The fraction of sp³-hybridized carbons (Fsp3) is 0.333. The third-order valence-corrected chi connectivity index (χ3v) is 3.77. The molecule has 0 aliphatic carbocycles. The highest BCUT2D eigenvalue weighted by Crippen LogP contribution is 2.43. The van der Waals surface area contributed by atoms with Crippen molar-refractivity contribution in [3.63, 3.8) is 0 Å². The second-order valence-electron chi connectivity index (χ2n) is 2.85. The Morgan fingerprint density at radius 3 is 2.17 bits per heavy atom. The van der Waals surface area contributed by atoms with Crippen LogP contribution in [0.5, 0.6) is 0 Å². The van der Waals surface area contributed by atoms with Gasteiger partial charge in [-0.3, -0.25) is 0 Å². The largest absolute Gasteiger partial charge is 0.154 e. The van der Waals surface area contributed by atoms with Crippen LogP contribution >= 0.6 is 35.0 Å². The Balaban J connectivity index is 2.30. The van der Waals surface area contributed by atoms with E-state index in [0.717, 1.165) is 10.0 Å². The van der Waals surface area contributed by atoms with E-state index in [4.69, 9.17) is 23.2 Å². The van der Waals surface area contributed by atoms with Gasteiger partial charge in [-0.05, 0) is 35.9 Å². The molecule has 0 amide bonds. The van der Waals surface area contributed by atoms with Gasteiger partial charge in [0, 0.05) is 15.3 Å². The summed E-state index contributed by atoms with van der Waals surface area (Å²) in [5.74, 6) is 1.26. The Hall–Kier alpha value is 0.150. The molecular weight excluding hydrogens is 211 g/mol. The second-order valence-corrected chi connectivity index (χ2v) is 5.03. The van der Waals surface area contributed by atoms with Crippen LogP contribution in [-0.2, 0) is 0 Å². The SMILES string of the molecule is Clc1cc(Cl)cc(C2CCS2)c1. The standard InChI is InChI=1S/C9H8Cl2S/c10-7-3-6(4-8(11)5-7)9-1-2-12-9/h3-5,9H,1-2H2. The lowest BCUT2D eigenvalue weighted by Crippen LogP contribution is -2.06. The van der Waals surface area contributed by atoms with E-state index in [2.05, 4.69) is 0 Å². The molecule has 0 saturated carbocycles. The van der Waals surface area contributed by atoms with E-state index in [1.165, 1.54) is 17.7 Å². The Labute approximate surface area is 86.3 Å². The summed E-state index contributed by atoms with van der Waals surface area (Å²) in [6.45, 7) is 0. The third-order valence-electron chi connectivity index (χ3n) is 1.96. The van der Waals surface area contributed by atoms with Crippen molar-refractivity contribution in [1.29, 1.82) is 0 Å². The van der Waals surface area contributed by atoms with Gasteiger partial charge >= 0.3 is 0 Å². The predicted molar refractivity (Wildman–Crippen MR) is 56.3 cm³/mol. The summed E-state index contributed by atoms with van der Waals surface area (Å²) in [5.41, 5.74) is 1.27. The first-order valence-electron chi connectivity index (χ1n) is 3.83. The molecule has 1 unspecified atom stereocenters. The fourth-order valence-electron chi connectivity index (χ4n) is 1.26. The van der Waals surface area contributed by atoms with Crippen LogP contribution in [0.15, 0.2) is 18.2 Å². The van der Waals surface area contributed by atoms with Crippen LogP contribution in [-0.4, -0.2) is 5.75 Å². The van der Waals surface area contributed by atoms with E-state index in [1.54, 1.807) is 6.07 Å². The topological polar surface area (TPSA) is 0 Å². The molecule has 1 atom stereocenters. The van der Waals surface area contributed by atoms with Crippen LogP contribution < -0.4 is 0 Å². The molecule has 1 aliphatic heterocycles. The third kappa shape index (κ3) is 1.73. The summed E-state index contributed by atoms with van der Waals surface area (Å²) in [6.07, 6.45) is 1.25. The molecule has 1 fully saturated rings. The van der Waals surface area contributed by atoms with E-state index in [9.17, 15) is 0 Å². The minimum atomic E-state index is 0.626. The summed E-state index contributed by atoms with van der Waals surface area (Å²) in [7, 11) is 0. The first kappa shape index (κ1) is 8.74. The summed E-state index contributed by atoms with van der Waals surface area (Å²) in [5, 5.41) is 2.11. The number of hydrogen-bond donors (Lipinski definition) is 0. The molecule has 0 N–H and O–H groups in total. The van der Waals surface area contributed by atoms with Gasteiger partial charge in [0.2, 0.25) is 0 Å². The maximum Gasteiger partial charge on any atom is 0.0423 e. The molecule has 1 aromatic carbocycles. The van der Waals surface area contributed by atoms with E-state index >= 15 is 0 Å².